The maximum atomic E-state index is 12.4. The number of fused-ring (bicyclic) bond motifs is 1. The van der Waals surface area contributed by atoms with E-state index in [4.69, 9.17) is 4.74 Å². The Labute approximate surface area is 176 Å². The van der Waals surface area contributed by atoms with Crippen molar-refractivity contribution in [3.63, 3.8) is 0 Å². The van der Waals surface area contributed by atoms with E-state index in [1.807, 2.05) is 30.4 Å². The Morgan fingerprint density at radius 2 is 2.27 bits per heavy atom. The second-order valence-corrected chi connectivity index (χ2v) is 7.31. The van der Waals surface area contributed by atoms with Gasteiger partial charge in [0.1, 0.15) is 5.82 Å². The number of nitrogens with zero attached hydrogens (tertiary/aromatic N) is 1. The summed E-state index contributed by atoms with van der Waals surface area (Å²) in [7, 11) is 1.71. The van der Waals surface area contributed by atoms with Crippen LogP contribution in [0.25, 0.3) is 16.6 Å². The van der Waals surface area contributed by atoms with Crippen molar-refractivity contribution < 1.29 is 14.3 Å². The lowest BCUT2D eigenvalue weighted by Gasteiger charge is -2.27. The van der Waals surface area contributed by atoms with Gasteiger partial charge in [0.25, 0.3) is 0 Å². The van der Waals surface area contributed by atoms with Crippen LogP contribution in [0.15, 0.2) is 49.1 Å². The molecule has 0 saturated heterocycles. The van der Waals surface area contributed by atoms with Crippen molar-refractivity contribution in [3.8, 4) is 0 Å². The minimum Gasteiger partial charge on any atom is -0.381 e. The minimum absolute atomic E-state index is 0.0184. The molecule has 1 aromatic carbocycles. The van der Waals surface area contributed by atoms with Gasteiger partial charge in [-0.25, -0.2) is 4.98 Å². The van der Waals surface area contributed by atoms with Gasteiger partial charge in [-0.15, -0.1) is 0 Å². The van der Waals surface area contributed by atoms with Gasteiger partial charge >= 0.3 is 0 Å². The van der Waals surface area contributed by atoms with Gasteiger partial charge in [-0.05, 0) is 37.5 Å². The highest BCUT2D eigenvalue weighted by Crippen LogP contribution is 2.26. The molecular weight excluding hydrogens is 380 g/mol. The van der Waals surface area contributed by atoms with E-state index in [0.29, 0.717) is 24.5 Å². The number of H-pyrrole nitrogens is 1. The predicted molar refractivity (Wildman–Crippen MR) is 119 cm³/mol. The molecule has 0 spiro atoms. The number of amides is 2. The third kappa shape index (κ3) is 5.45. The largest absolute Gasteiger partial charge is 0.381 e. The van der Waals surface area contributed by atoms with E-state index >= 15 is 0 Å². The van der Waals surface area contributed by atoms with Crippen LogP contribution in [-0.4, -0.2) is 42.0 Å². The van der Waals surface area contributed by atoms with E-state index in [9.17, 15) is 9.59 Å². The molecule has 2 atom stereocenters. The van der Waals surface area contributed by atoms with Crippen molar-refractivity contribution in [2.75, 3.05) is 19.0 Å². The lowest BCUT2D eigenvalue weighted by atomic mass is 9.86. The van der Waals surface area contributed by atoms with Gasteiger partial charge in [0, 0.05) is 30.8 Å². The number of nitrogens with one attached hydrogen (secondary N) is 3. The van der Waals surface area contributed by atoms with Crippen LogP contribution in [-0.2, 0) is 14.3 Å². The molecule has 158 valence electrons. The summed E-state index contributed by atoms with van der Waals surface area (Å²) in [5.74, 6) is 0.783. The first-order valence-electron chi connectivity index (χ1n) is 10.1. The Morgan fingerprint density at radius 3 is 3.03 bits per heavy atom. The first-order chi connectivity index (χ1) is 14.6. The summed E-state index contributed by atoms with van der Waals surface area (Å²) in [4.78, 5) is 30.9. The van der Waals surface area contributed by atoms with Gasteiger partial charge in [-0.1, -0.05) is 37.3 Å². The SMILES string of the molecule is C=C/C=C(\C=C/CNC(=O)C1CCCC(OC)C1)c1nc2ccc(NC=O)cc2[nH]1. The van der Waals surface area contributed by atoms with Gasteiger partial charge in [-0.3, -0.25) is 9.59 Å². The van der Waals surface area contributed by atoms with Gasteiger partial charge in [0.15, 0.2) is 0 Å². The van der Waals surface area contributed by atoms with E-state index in [0.717, 1.165) is 42.3 Å². The van der Waals surface area contributed by atoms with Crippen LogP contribution >= 0.6 is 0 Å². The molecule has 7 nitrogen and oxygen atoms in total. The Morgan fingerprint density at radius 1 is 1.40 bits per heavy atom. The first kappa shape index (κ1) is 21.5. The van der Waals surface area contributed by atoms with Gasteiger partial charge < -0.3 is 20.4 Å². The third-order valence-electron chi connectivity index (χ3n) is 5.30. The number of carbonyl (C=O) groups is 2. The molecule has 2 aromatic rings. The molecule has 3 N–H and O–H groups in total. The van der Waals surface area contributed by atoms with Crippen LogP contribution < -0.4 is 10.6 Å². The highest BCUT2D eigenvalue weighted by atomic mass is 16.5. The number of methoxy groups -OCH3 is 1. The summed E-state index contributed by atoms with van der Waals surface area (Å²) in [6, 6.07) is 5.46. The van der Waals surface area contributed by atoms with Crippen LogP contribution in [0.5, 0.6) is 0 Å². The van der Waals surface area contributed by atoms with Crippen LogP contribution in [0.2, 0.25) is 0 Å². The van der Waals surface area contributed by atoms with Crippen LogP contribution in [0.4, 0.5) is 5.69 Å². The maximum absolute atomic E-state index is 12.4. The number of carbonyl (C=O) groups excluding carboxylic acids is 2. The number of anilines is 1. The molecule has 3 rings (SSSR count). The zero-order chi connectivity index (χ0) is 21.3. The predicted octanol–water partition coefficient (Wildman–Crippen LogP) is 3.58. The second-order valence-electron chi connectivity index (χ2n) is 7.31. The zero-order valence-electron chi connectivity index (χ0n) is 17.2. The number of aromatic amines is 1. The summed E-state index contributed by atoms with van der Waals surface area (Å²) in [5.41, 5.74) is 3.15. The molecule has 0 bridgehead atoms. The molecule has 7 heteroatoms. The van der Waals surface area contributed by atoms with E-state index in [-0.39, 0.29) is 17.9 Å². The summed E-state index contributed by atoms with van der Waals surface area (Å²) in [6.07, 6.45) is 11.9. The van der Waals surface area contributed by atoms with Crippen LogP contribution in [0.1, 0.15) is 31.5 Å². The minimum atomic E-state index is 0.0184. The monoisotopic (exact) mass is 408 g/mol. The highest BCUT2D eigenvalue weighted by molar-refractivity contribution is 5.86. The smallest absolute Gasteiger partial charge is 0.223 e. The molecule has 30 heavy (non-hydrogen) atoms. The number of ether oxygens (including phenoxy) is 1. The molecule has 0 aliphatic heterocycles. The Kier molecular flexibility index (Phi) is 7.57. The first-order valence-corrected chi connectivity index (χ1v) is 10.1. The van der Waals surface area contributed by atoms with Crippen LogP contribution in [0.3, 0.4) is 0 Å². The molecule has 1 fully saturated rings. The van der Waals surface area contributed by atoms with Crippen molar-refractivity contribution in [1.29, 1.82) is 0 Å². The summed E-state index contributed by atoms with van der Waals surface area (Å²) in [5, 5.41) is 5.62. The number of allylic oxidation sites excluding steroid dienone is 4. The topological polar surface area (TPSA) is 96.1 Å². The van der Waals surface area contributed by atoms with Crippen molar-refractivity contribution >= 4 is 34.6 Å². The number of benzene rings is 1. The fourth-order valence-electron chi connectivity index (χ4n) is 3.73. The van der Waals surface area contributed by atoms with E-state index < -0.39 is 0 Å². The molecule has 1 aliphatic rings. The van der Waals surface area contributed by atoms with E-state index in [2.05, 4.69) is 27.2 Å². The molecule has 1 saturated carbocycles. The number of hydrogen-bond acceptors (Lipinski definition) is 4. The average Bonchev–Trinajstić information content (AvgIpc) is 3.19. The zero-order valence-corrected chi connectivity index (χ0v) is 17.2. The van der Waals surface area contributed by atoms with Gasteiger partial charge in [-0.2, -0.15) is 0 Å². The Balaban J connectivity index is 1.63. The van der Waals surface area contributed by atoms with Gasteiger partial charge in [0.2, 0.25) is 12.3 Å². The second kappa shape index (κ2) is 10.5. The number of aromatic nitrogens is 2. The molecule has 0 radical (unpaired) electrons. The molecule has 1 heterocycles. The van der Waals surface area contributed by atoms with E-state index in [1.54, 1.807) is 19.3 Å². The molecular formula is C23H28N4O3. The summed E-state index contributed by atoms with van der Waals surface area (Å²) < 4.78 is 5.41. The lowest BCUT2D eigenvalue weighted by molar-refractivity contribution is -0.127. The summed E-state index contributed by atoms with van der Waals surface area (Å²) in [6.45, 7) is 4.21. The maximum Gasteiger partial charge on any atom is 0.223 e. The average molecular weight is 409 g/mol. The normalized spacial score (nSPS) is 19.7. The molecule has 1 aliphatic carbocycles. The fourth-order valence-corrected chi connectivity index (χ4v) is 3.73. The third-order valence-corrected chi connectivity index (χ3v) is 5.30. The van der Waals surface area contributed by atoms with E-state index in [1.165, 1.54) is 0 Å². The van der Waals surface area contributed by atoms with Crippen molar-refractivity contribution in [2.24, 2.45) is 5.92 Å². The quantitative estimate of drug-likeness (QED) is 0.436. The van der Waals surface area contributed by atoms with Crippen molar-refractivity contribution in [3.05, 3.63) is 54.9 Å². The lowest BCUT2D eigenvalue weighted by Crippen LogP contribution is -2.35. The van der Waals surface area contributed by atoms with Crippen molar-refractivity contribution in [2.45, 2.75) is 31.8 Å². The molecule has 2 unspecified atom stereocenters. The standard InChI is InChI=1S/C23H28N4O3/c1-3-6-16(22-26-20-11-10-18(25-15-28)14-21(20)27-22)8-5-12-24-23(29)17-7-4-9-19(13-17)30-2/h3,5-6,8,10-11,14-15,17,19H,1,4,7,9,12-13H2,2H3,(H,24,29)(H,25,28)(H,26,27)/b8-5-,16-6+. The number of hydrogen-bond donors (Lipinski definition) is 3. The Hall–Kier alpha value is -3.19. The Bertz CT molecular complexity index is 961. The molecule has 1 aromatic heterocycles. The van der Waals surface area contributed by atoms with Crippen molar-refractivity contribution in [1.82, 2.24) is 15.3 Å². The number of imidazole rings is 1. The summed E-state index contributed by atoms with van der Waals surface area (Å²) >= 11 is 0. The van der Waals surface area contributed by atoms with Crippen LogP contribution in [0, 0.1) is 5.92 Å². The van der Waals surface area contributed by atoms with Gasteiger partial charge in [0.05, 0.1) is 17.1 Å². The highest BCUT2D eigenvalue weighted by Gasteiger charge is 2.26. The molecule has 2 amide bonds. The number of rotatable bonds is 9. The fraction of sp³-hybridized carbons (Fsp3) is 0.348.